The third-order valence-corrected chi connectivity index (χ3v) is 4.75. The van der Waals surface area contributed by atoms with Gasteiger partial charge in [0, 0.05) is 30.6 Å². The van der Waals surface area contributed by atoms with E-state index in [1.807, 2.05) is 6.07 Å². The fourth-order valence-electron chi connectivity index (χ4n) is 3.31. The van der Waals surface area contributed by atoms with Gasteiger partial charge in [-0.1, -0.05) is 0 Å². The molecule has 1 amide bonds. The summed E-state index contributed by atoms with van der Waals surface area (Å²) in [5.41, 5.74) is 2.19. The largest absolute Gasteiger partial charge is 0.504 e. The maximum atomic E-state index is 12.8. The number of amides is 1. The summed E-state index contributed by atoms with van der Waals surface area (Å²) in [4.78, 5) is 16.6. The maximum Gasteiger partial charge on any atom is 0.504 e. The third kappa shape index (κ3) is 3.55. The minimum atomic E-state index is -4.67. The summed E-state index contributed by atoms with van der Waals surface area (Å²) in [6, 6.07) is 5.03. The van der Waals surface area contributed by atoms with Crippen LogP contribution in [0.4, 0.5) is 13.2 Å². The van der Waals surface area contributed by atoms with E-state index in [2.05, 4.69) is 20.5 Å². The molecule has 0 saturated carbocycles. The van der Waals surface area contributed by atoms with Crippen LogP contribution in [-0.4, -0.2) is 37.6 Å². The van der Waals surface area contributed by atoms with Crippen molar-refractivity contribution in [3.63, 3.8) is 0 Å². The first-order valence-corrected chi connectivity index (χ1v) is 8.79. The van der Waals surface area contributed by atoms with Crippen molar-refractivity contribution < 1.29 is 22.7 Å². The number of aromatic nitrogens is 5. The fraction of sp³-hybridized carbons (Fsp3) is 0.333. The molecule has 29 heavy (non-hydrogen) atoms. The van der Waals surface area contributed by atoms with Crippen LogP contribution in [0.5, 0.6) is 5.88 Å². The van der Waals surface area contributed by atoms with Gasteiger partial charge in [0.05, 0.1) is 35.8 Å². The normalized spacial score (nSPS) is 16.0. The van der Waals surface area contributed by atoms with Crippen LogP contribution in [0, 0.1) is 6.92 Å². The van der Waals surface area contributed by atoms with Crippen LogP contribution in [0.1, 0.15) is 34.2 Å². The van der Waals surface area contributed by atoms with E-state index in [0.717, 1.165) is 11.3 Å². The van der Waals surface area contributed by atoms with E-state index in [1.54, 1.807) is 23.0 Å². The lowest BCUT2D eigenvalue weighted by atomic mass is 10.1. The van der Waals surface area contributed by atoms with Crippen molar-refractivity contribution in [3.8, 4) is 17.1 Å². The number of fused-ring (bicyclic) bond motifs is 1. The Balaban J connectivity index is 1.55. The molecule has 152 valence electrons. The lowest BCUT2D eigenvalue weighted by Gasteiger charge is -2.11. The third-order valence-electron chi connectivity index (χ3n) is 4.75. The number of nitrogens with zero attached hydrogens (tertiary/aromatic N) is 5. The SMILES string of the molecule is COc1cc(-c2cc3n(n2)CC[C@@H]3NC(=O)c2cn(C(F)(F)F)nc2C)ccn1. The highest BCUT2D eigenvalue weighted by Gasteiger charge is 2.34. The number of alkyl halides is 3. The molecule has 0 bridgehead atoms. The van der Waals surface area contributed by atoms with Crippen molar-refractivity contribution in [1.82, 2.24) is 29.9 Å². The number of carbonyl (C=O) groups is 1. The maximum absolute atomic E-state index is 12.8. The van der Waals surface area contributed by atoms with Crippen molar-refractivity contribution >= 4 is 5.91 Å². The van der Waals surface area contributed by atoms with Crippen molar-refractivity contribution in [2.45, 2.75) is 32.2 Å². The Labute approximate surface area is 163 Å². The molecule has 8 nitrogen and oxygen atoms in total. The number of hydrogen-bond donors (Lipinski definition) is 1. The monoisotopic (exact) mass is 406 g/mol. The van der Waals surface area contributed by atoms with Crippen molar-refractivity contribution in [2.75, 3.05) is 7.11 Å². The standard InChI is InChI=1S/C18H17F3N6O2/c1-10-12(9-27(24-10)18(19,20)21)17(28)23-13-4-6-26-15(13)8-14(25-26)11-3-5-22-16(7-11)29-2/h3,5,7-9,13H,4,6H2,1-2H3,(H,23,28)/t13-/m0/s1. The molecule has 0 radical (unpaired) electrons. The molecule has 0 aromatic carbocycles. The van der Waals surface area contributed by atoms with E-state index in [1.165, 1.54) is 14.0 Å². The molecule has 0 aliphatic carbocycles. The van der Waals surface area contributed by atoms with Gasteiger partial charge in [0.15, 0.2) is 0 Å². The lowest BCUT2D eigenvalue weighted by Crippen LogP contribution is -2.27. The van der Waals surface area contributed by atoms with Crippen molar-refractivity contribution in [1.29, 1.82) is 0 Å². The zero-order chi connectivity index (χ0) is 20.8. The van der Waals surface area contributed by atoms with E-state index in [-0.39, 0.29) is 22.0 Å². The van der Waals surface area contributed by atoms with Gasteiger partial charge in [-0.3, -0.25) is 9.48 Å². The number of carbonyl (C=O) groups excluding carboxylic acids is 1. The Morgan fingerprint density at radius 1 is 1.31 bits per heavy atom. The molecule has 4 heterocycles. The Kier molecular flexibility index (Phi) is 4.52. The van der Waals surface area contributed by atoms with Gasteiger partial charge in [0.25, 0.3) is 5.91 Å². The van der Waals surface area contributed by atoms with Crippen LogP contribution in [-0.2, 0) is 12.8 Å². The Hall–Kier alpha value is -3.37. The van der Waals surface area contributed by atoms with Gasteiger partial charge in [-0.25, -0.2) is 4.98 Å². The number of rotatable bonds is 4. The number of pyridine rings is 1. The second-order valence-electron chi connectivity index (χ2n) is 6.62. The number of nitrogens with one attached hydrogen (secondary N) is 1. The fourth-order valence-corrected chi connectivity index (χ4v) is 3.31. The van der Waals surface area contributed by atoms with E-state index >= 15 is 0 Å². The lowest BCUT2D eigenvalue weighted by molar-refractivity contribution is -0.212. The van der Waals surface area contributed by atoms with E-state index in [4.69, 9.17) is 4.74 Å². The molecular formula is C18H17F3N6O2. The molecular weight excluding hydrogens is 389 g/mol. The molecule has 1 aliphatic rings. The van der Waals surface area contributed by atoms with Crippen LogP contribution in [0.2, 0.25) is 0 Å². The molecule has 0 fully saturated rings. The van der Waals surface area contributed by atoms with Crippen LogP contribution >= 0.6 is 0 Å². The predicted molar refractivity (Wildman–Crippen MR) is 95.1 cm³/mol. The van der Waals surface area contributed by atoms with Gasteiger partial charge in [0.1, 0.15) is 0 Å². The van der Waals surface area contributed by atoms with Gasteiger partial charge in [-0.05, 0) is 25.5 Å². The Bertz CT molecular complexity index is 1070. The molecule has 1 N–H and O–H groups in total. The van der Waals surface area contributed by atoms with Crippen molar-refractivity contribution in [3.05, 3.63) is 47.5 Å². The first kappa shape index (κ1) is 19.0. The molecule has 4 rings (SSSR count). The summed E-state index contributed by atoms with van der Waals surface area (Å²) in [6.07, 6.45) is -1.76. The summed E-state index contributed by atoms with van der Waals surface area (Å²) < 4.78 is 45.2. The smallest absolute Gasteiger partial charge is 0.481 e. The molecule has 1 aliphatic heterocycles. The first-order valence-electron chi connectivity index (χ1n) is 8.79. The van der Waals surface area contributed by atoms with E-state index in [9.17, 15) is 18.0 Å². The minimum absolute atomic E-state index is 0.0101. The highest BCUT2D eigenvalue weighted by atomic mass is 19.4. The molecule has 3 aromatic rings. The predicted octanol–water partition coefficient (Wildman–Crippen LogP) is 2.81. The second kappa shape index (κ2) is 6.90. The zero-order valence-corrected chi connectivity index (χ0v) is 15.6. The molecule has 1 atom stereocenters. The highest BCUT2D eigenvalue weighted by molar-refractivity contribution is 5.95. The average Bonchev–Trinajstić information content (AvgIpc) is 3.36. The van der Waals surface area contributed by atoms with Gasteiger partial charge >= 0.3 is 6.30 Å². The summed E-state index contributed by atoms with van der Waals surface area (Å²) in [7, 11) is 1.52. The topological polar surface area (TPSA) is 86.9 Å². The van der Waals surface area contributed by atoms with Gasteiger partial charge in [-0.15, -0.1) is 13.2 Å². The van der Waals surface area contributed by atoms with E-state index < -0.39 is 12.2 Å². The summed E-state index contributed by atoms with van der Waals surface area (Å²) in [5.74, 6) is -0.151. The molecule has 0 spiro atoms. The molecule has 11 heteroatoms. The van der Waals surface area contributed by atoms with Crippen LogP contribution < -0.4 is 10.1 Å². The molecule has 3 aromatic heterocycles. The zero-order valence-electron chi connectivity index (χ0n) is 15.6. The first-order chi connectivity index (χ1) is 13.8. The molecule has 0 saturated heterocycles. The highest BCUT2D eigenvalue weighted by Crippen LogP contribution is 2.31. The number of methoxy groups -OCH3 is 1. The second-order valence-corrected chi connectivity index (χ2v) is 6.62. The minimum Gasteiger partial charge on any atom is -0.481 e. The van der Waals surface area contributed by atoms with Gasteiger partial charge in [0.2, 0.25) is 5.88 Å². The van der Waals surface area contributed by atoms with Crippen LogP contribution in [0.3, 0.4) is 0 Å². The number of hydrogen-bond acceptors (Lipinski definition) is 5. The summed E-state index contributed by atoms with van der Waals surface area (Å²) >= 11 is 0. The summed E-state index contributed by atoms with van der Waals surface area (Å²) in [5, 5.41) is 10.7. The van der Waals surface area contributed by atoms with Crippen LogP contribution in [0.15, 0.2) is 30.6 Å². The number of aryl methyl sites for hydroxylation is 2. The van der Waals surface area contributed by atoms with Gasteiger partial charge < -0.3 is 10.1 Å². The van der Waals surface area contributed by atoms with Crippen molar-refractivity contribution in [2.24, 2.45) is 0 Å². The number of ether oxygens (including phenoxy) is 1. The van der Waals surface area contributed by atoms with Crippen LogP contribution in [0.25, 0.3) is 11.3 Å². The Morgan fingerprint density at radius 2 is 2.10 bits per heavy atom. The quantitative estimate of drug-likeness (QED) is 0.720. The Morgan fingerprint density at radius 3 is 2.79 bits per heavy atom. The molecule has 0 unspecified atom stereocenters. The average molecular weight is 406 g/mol. The summed E-state index contributed by atoms with van der Waals surface area (Å²) in [6.45, 7) is 1.95. The number of halogens is 3. The van der Waals surface area contributed by atoms with E-state index in [0.29, 0.717) is 30.7 Å². The van der Waals surface area contributed by atoms with Gasteiger partial charge in [-0.2, -0.15) is 14.9 Å².